The third-order valence-electron chi connectivity index (χ3n) is 5.10. The molecule has 0 amide bonds. The first-order chi connectivity index (χ1) is 13.3. The van der Waals surface area contributed by atoms with Gasteiger partial charge in [0.05, 0.1) is 21.5 Å². The fraction of sp³-hybridized carbons (Fsp3) is 0.400. The van der Waals surface area contributed by atoms with Gasteiger partial charge in [-0.25, -0.2) is 8.42 Å². The molecular formula is C20H25N3O4S. The van der Waals surface area contributed by atoms with Gasteiger partial charge in [0.2, 0.25) is 0 Å². The van der Waals surface area contributed by atoms with Crippen LogP contribution in [0.25, 0.3) is 0 Å². The maximum Gasteiger partial charge on any atom is 0.270 e. The van der Waals surface area contributed by atoms with Crippen molar-refractivity contribution in [3.63, 3.8) is 0 Å². The Morgan fingerprint density at radius 2 is 1.79 bits per heavy atom. The van der Waals surface area contributed by atoms with Crippen LogP contribution in [0.1, 0.15) is 30.0 Å². The first-order valence-corrected chi connectivity index (χ1v) is 11.2. The summed E-state index contributed by atoms with van der Waals surface area (Å²) in [6, 6.07) is 12.4. The number of likely N-dealkylation sites (tertiary alicyclic amines) is 1. The molecule has 3 rings (SSSR count). The first-order valence-electron chi connectivity index (χ1n) is 9.28. The second-order valence-corrected chi connectivity index (χ2v) is 9.24. The summed E-state index contributed by atoms with van der Waals surface area (Å²) in [5, 5.41) is 14.3. The number of aryl methyl sites for hydroxylation is 1. The maximum absolute atomic E-state index is 12.2. The smallest absolute Gasteiger partial charge is 0.270 e. The zero-order chi connectivity index (χ0) is 20.3. The van der Waals surface area contributed by atoms with Crippen molar-refractivity contribution in [2.24, 2.45) is 0 Å². The van der Waals surface area contributed by atoms with Crippen molar-refractivity contribution in [1.82, 2.24) is 4.90 Å². The van der Waals surface area contributed by atoms with Crippen LogP contribution in [0.4, 0.5) is 11.4 Å². The van der Waals surface area contributed by atoms with Crippen molar-refractivity contribution in [1.29, 1.82) is 0 Å². The first kappa shape index (κ1) is 20.3. The van der Waals surface area contributed by atoms with Gasteiger partial charge >= 0.3 is 0 Å². The number of anilines is 1. The van der Waals surface area contributed by atoms with E-state index in [1.165, 1.54) is 23.3 Å². The molecule has 0 spiro atoms. The maximum atomic E-state index is 12.2. The lowest BCUT2D eigenvalue weighted by Gasteiger charge is -2.29. The lowest BCUT2D eigenvalue weighted by atomic mass is 10.0. The summed E-state index contributed by atoms with van der Waals surface area (Å²) in [4.78, 5) is 12.8. The van der Waals surface area contributed by atoms with Gasteiger partial charge in [-0.2, -0.15) is 0 Å². The minimum absolute atomic E-state index is 0.0502. The molecule has 2 aromatic rings. The molecule has 8 heteroatoms. The molecule has 2 aromatic carbocycles. The highest BCUT2D eigenvalue weighted by molar-refractivity contribution is 7.90. The van der Waals surface area contributed by atoms with Gasteiger partial charge in [0, 0.05) is 24.9 Å². The molecule has 0 saturated carbocycles. The van der Waals surface area contributed by atoms with E-state index in [1.54, 1.807) is 0 Å². The van der Waals surface area contributed by atoms with Crippen LogP contribution in [0.15, 0.2) is 47.4 Å². The van der Waals surface area contributed by atoms with Crippen LogP contribution >= 0.6 is 0 Å². The van der Waals surface area contributed by atoms with E-state index >= 15 is 0 Å². The van der Waals surface area contributed by atoms with Gasteiger partial charge in [-0.3, -0.25) is 15.0 Å². The average molecular weight is 404 g/mol. The van der Waals surface area contributed by atoms with Crippen LogP contribution in [-0.4, -0.2) is 44.1 Å². The molecular weight excluding hydrogens is 378 g/mol. The van der Waals surface area contributed by atoms with E-state index in [-0.39, 0.29) is 16.6 Å². The summed E-state index contributed by atoms with van der Waals surface area (Å²) in [5.41, 5.74) is 2.51. The fourth-order valence-electron chi connectivity index (χ4n) is 3.58. The summed E-state index contributed by atoms with van der Waals surface area (Å²) in [7, 11) is -3.61. The molecule has 1 saturated heterocycles. The van der Waals surface area contributed by atoms with Crippen LogP contribution in [0, 0.1) is 17.0 Å². The predicted octanol–water partition coefficient (Wildman–Crippen LogP) is 3.56. The minimum atomic E-state index is -3.61. The topological polar surface area (TPSA) is 92.5 Å². The van der Waals surface area contributed by atoms with Crippen molar-refractivity contribution in [3.8, 4) is 0 Å². The number of hydrogen-bond acceptors (Lipinski definition) is 6. The number of nitrogens with one attached hydrogen (secondary N) is 1. The molecule has 0 aromatic heterocycles. The Balaban J connectivity index is 1.88. The summed E-state index contributed by atoms with van der Waals surface area (Å²) in [5.74, 6) is 0. The second kappa shape index (κ2) is 8.28. The number of benzene rings is 2. The zero-order valence-electron chi connectivity index (χ0n) is 16.1. The Morgan fingerprint density at radius 1 is 1.14 bits per heavy atom. The number of hydrogen-bond donors (Lipinski definition) is 1. The quantitative estimate of drug-likeness (QED) is 0.561. The molecule has 1 aliphatic heterocycles. The predicted molar refractivity (Wildman–Crippen MR) is 109 cm³/mol. The molecule has 1 unspecified atom stereocenters. The highest BCUT2D eigenvalue weighted by Gasteiger charge is 2.25. The number of nitrogens with zero attached hydrogens (tertiary/aromatic N) is 2. The number of rotatable bonds is 7. The molecule has 1 aliphatic rings. The highest BCUT2D eigenvalue weighted by atomic mass is 32.2. The number of sulfone groups is 1. The lowest BCUT2D eigenvalue weighted by Crippen LogP contribution is -2.31. The molecule has 1 atom stereocenters. The Hall–Kier alpha value is -2.45. The Kier molecular flexibility index (Phi) is 6.00. The molecule has 0 bridgehead atoms. The Bertz CT molecular complexity index is 952. The molecule has 28 heavy (non-hydrogen) atoms. The monoisotopic (exact) mass is 403 g/mol. The normalized spacial score (nSPS) is 16.1. The standard InChI is InChI=1S/C20H25N3O4S/c1-15-5-7-16(8-6-15)19(22-11-3-4-12-22)14-21-18-10-9-17(23(24)25)13-20(18)28(2,26)27/h5-10,13,19,21H,3-4,11-12,14H2,1-2H3. The molecule has 1 fully saturated rings. The molecule has 0 radical (unpaired) electrons. The van der Waals surface area contributed by atoms with Crippen LogP contribution in [0.2, 0.25) is 0 Å². The summed E-state index contributed by atoms with van der Waals surface area (Å²) in [6.07, 6.45) is 3.36. The Labute approximate surface area is 165 Å². The van der Waals surface area contributed by atoms with E-state index in [0.717, 1.165) is 38.3 Å². The zero-order valence-corrected chi connectivity index (χ0v) is 16.9. The summed E-state index contributed by atoms with van der Waals surface area (Å²) in [6.45, 7) is 4.56. The van der Waals surface area contributed by atoms with Crippen LogP contribution < -0.4 is 5.32 Å². The largest absolute Gasteiger partial charge is 0.382 e. The highest BCUT2D eigenvalue weighted by Crippen LogP contribution is 2.30. The van der Waals surface area contributed by atoms with Crippen molar-refractivity contribution >= 4 is 21.2 Å². The summed E-state index contributed by atoms with van der Waals surface area (Å²) < 4.78 is 24.3. The average Bonchev–Trinajstić information content (AvgIpc) is 3.17. The van der Waals surface area contributed by atoms with Gasteiger partial charge in [0.25, 0.3) is 5.69 Å². The van der Waals surface area contributed by atoms with E-state index in [0.29, 0.717) is 12.2 Å². The van der Waals surface area contributed by atoms with E-state index in [1.807, 2.05) is 6.92 Å². The third-order valence-corrected chi connectivity index (χ3v) is 6.24. The van der Waals surface area contributed by atoms with Crippen molar-refractivity contribution < 1.29 is 13.3 Å². The van der Waals surface area contributed by atoms with Crippen molar-refractivity contribution in [2.45, 2.75) is 30.7 Å². The SMILES string of the molecule is Cc1ccc(C(CNc2ccc([N+](=O)[O-])cc2S(C)(=O)=O)N2CCCC2)cc1. The van der Waals surface area contributed by atoms with Gasteiger partial charge in [-0.15, -0.1) is 0 Å². The van der Waals surface area contributed by atoms with E-state index in [2.05, 4.69) is 34.5 Å². The van der Waals surface area contributed by atoms with Gasteiger partial charge in [-0.05, 0) is 44.5 Å². The minimum Gasteiger partial charge on any atom is -0.382 e. The third kappa shape index (κ3) is 4.69. The van der Waals surface area contributed by atoms with E-state index in [4.69, 9.17) is 0 Å². The van der Waals surface area contributed by atoms with Gasteiger partial charge in [0.1, 0.15) is 0 Å². The molecule has 1 heterocycles. The van der Waals surface area contributed by atoms with Crippen molar-refractivity contribution in [3.05, 3.63) is 63.7 Å². The Morgan fingerprint density at radius 3 is 2.36 bits per heavy atom. The van der Waals surface area contributed by atoms with E-state index in [9.17, 15) is 18.5 Å². The molecule has 1 N–H and O–H groups in total. The number of nitro groups is 1. The number of nitro benzene ring substituents is 1. The van der Waals surface area contributed by atoms with Crippen molar-refractivity contribution in [2.75, 3.05) is 31.2 Å². The second-order valence-electron chi connectivity index (χ2n) is 7.26. The summed E-state index contributed by atoms with van der Waals surface area (Å²) >= 11 is 0. The lowest BCUT2D eigenvalue weighted by molar-refractivity contribution is -0.385. The molecule has 0 aliphatic carbocycles. The van der Waals surface area contributed by atoms with Gasteiger partial charge in [-0.1, -0.05) is 29.8 Å². The van der Waals surface area contributed by atoms with Crippen LogP contribution in [0.3, 0.4) is 0 Å². The van der Waals surface area contributed by atoms with Crippen LogP contribution in [-0.2, 0) is 9.84 Å². The van der Waals surface area contributed by atoms with Crippen LogP contribution in [0.5, 0.6) is 0 Å². The fourth-order valence-corrected chi connectivity index (χ4v) is 4.46. The molecule has 7 nitrogen and oxygen atoms in total. The van der Waals surface area contributed by atoms with Gasteiger partial charge in [0.15, 0.2) is 9.84 Å². The molecule has 150 valence electrons. The van der Waals surface area contributed by atoms with Gasteiger partial charge < -0.3 is 5.32 Å². The number of non-ortho nitro benzene ring substituents is 1. The van der Waals surface area contributed by atoms with E-state index < -0.39 is 14.8 Å².